The third-order valence-corrected chi connectivity index (χ3v) is 6.35. The first-order valence-electron chi connectivity index (χ1n) is 8.73. The largest absolute Gasteiger partial charge is 0.368 e. The SMILES string of the molecule is C[C@H](NS(=O)(=O)c1ccc(Cl)cc1)C(=O)N1CCN(c2ccccc2)CC1. The Hall–Kier alpha value is -2.09. The van der Waals surface area contributed by atoms with Crippen molar-refractivity contribution < 1.29 is 13.2 Å². The van der Waals surface area contributed by atoms with E-state index >= 15 is 0 Å². The summed E-state index contributed by atoms with van der Waals surface area (Å²) < 4.78 is 27.3. The average Bonchev–Trinajstić information content (AvgIpc) is 2.68. The van der Waals surface area contributed by atoms with E-state index in [1.807, 2.05) is 30.3 Å². The van der Waals surface area contributed by atoms with E-state index in [-0.39, 0.29) is 10.8 Å². The third-order valence-electron chi connectivity index (χ3n) is 4.54. The molecule has 0 saturated carbocycles. The van der Waals surface area contributed by atoms with Gasteiger partial charge >= 0.3 is 0 Å². The van der Waals surface area contributed by atoms with E-state index in [2.05, 4.69) is 9.62 Å². The Labute approximate surface area is 164 Å². The molecular weight excluding hydrogens is 386 g/mol. The van der Waals surface area contributed by atoms with E-state index in [1.165, 1.54) is 24.3 Å². The maximum atomic E-state index is 12.7. The van der Waals surface area contributed by atoms with Gasteiger partial charge in [-0.1, -0.05) is 29.8 Å². The van der Waals surface area contributed by atoms with Crippen molar-refractivity contribution in [2.45, 2.75) is 17.9 Å². The van der Waals surface area contributed by atoms with E-state index in [0.717, 1.165) is 5.69 Å². The number of halogens is 1. The van der Waals surface area contributed by atoms with Crippen LogP contribution in [0.5, 0.6) is 0 Å². The lowest BCUT2D eigenvalue weighted by atomic mass is 10.2. The van der Waals surface area contributed by atoms with Gasteiger partial charge in [0.1, 0.15) is 0 Å². The maximum Gasteiger partial charge on any atom is 0.241 e. The highest BCUT2D eigenvalue weighted by Crippen LogP contribution is 2.17. The molecule has 0 radical (unpaired) electrons. The molecule has 27 heavy (non-hydrogen) atoms. The first kappa shape index (κ1) is 19.7. The molecule has 2 aromatic rings. The van der Waals surface area contributed by atoms with Gasteiger partial charge in [0.2, 0.25) is 15.9 Å². The smallest absolute Gasteiger partial charge is 0.241 e. The normalized spacial score (nSPS) is 16.2. The number of anilines is 1. The lowest BCUT2D eigenvalue weighted by molar-refractivity contribution is -0.132. The number of benzene rings is 2. The van der Waals surface area contributed by atoms with Gasteiger partial charge in [-0.05, 0) is 43.3 Å². The zero-order valence-corrected chi connectivity index (χ0v) is 16.6. The molecule has 8 heteroatoms. The second-order valence-corrected chi connectivity index (χ2v) is 8.60. The zero-order valence-electron chi connectivity index (χ0n) is 15.0. The summed E-state index contributed by atoms with van der Waals surface area (Å²) in [6.45, 7) is 4.11. The number of carbonyl (C=O) groups excluding carboxylic acids is 1. The van der Waals surface area contributed by atoms with Crippen molar-refractivity contribution in [3.05, 3.63) is 59.6 Å². The number of rotatable bonds is 5. The predicted molar refractivity (Wildman–Crippen MR) is 106 cm³/mol. The van der Waals surface area contributed by atoms with Crippen molar-refractivity contribution >= 4 is 33.2 Å². The number of hydrogen-bond donors (Lipinski definition) is 1. The van der Waals surface area contributed by atoms with Crippen LogP contribution in [0.2, 0.25) is 5.02 Å². The van der Waals surface area contributed by atoms with Gasteiger partial charge < -0.3 is 9.80 Å². The number of carbonyl (C=O) groups is 1. The lowest BCUT2D eigenvalue weighted by Gasteiger charge is -2.37. The van der Waals surface area contributed by atoms with E-state index < -0.39 is 16.1 Å². The van der Waals surface area contributed by atoms with Crippen LogP contribution in [-0.4, -0.2) is 51.4 Å². The van der Waals surface area contributed by atoms with Crippen LogP contribution in [-0.2, 0) is 14.8 Å². The monoisotopic (exact) mass is 407 g/mol. The summed E-state index contributed by atoms with van der Waals surface area (Å²) in [5.41, 5.74) is 1.13. The molecule has 1 atom stereocenters. The van der Waals surface area contributed by atoms with Crippen molar-refractivity contribution in [1.82, 2.24) is 9.62 Å². The topological polar surface area (TPSA) is 69.7 Å². The fraction of sp³-hybridized carbons (Fsp3) is 0.316. The molecule has 3 rings (SSSR count). The highest BCUT2D eigenvalue weighted by Gasteiger charge is 2.28. The first-order valence-corrected chi connectivity index (χ1v) is 10.6. The number of sulfonamides is 1. The van der Waals surface area contributed by atoms with Gasteiger partial charge in [-0.25, -0.2) is 8.42 Å². The minimum Gasteiger partial charge on any atom is -0.368 e. The second-order valence-electron chi connectivity index (χ2n) is 6.44. The standard InChI is InChI=1S/C19H22ClN3O3S/c1-15(21-27(25,26)18-9-7-16(20)8-10-18)19(24)23-13-11-22(12-14-23)17-5-3-2-4-6-17/h2-10,15,21H,11-14H2,1H3/t15-/m0/s1. The number of piperazine rings is 1. The number of hydrogen-bond acceptors (Lipinski definition) is 4. The molecule has 0 bridgehead atoms. The van der Waals surface area contributed by atoms with E-state index in [1.54, 1.807) is 11.8 Å². The Morgan fingerprint density at radius 1 is 1.00 bits per heavy atom. The quantitative estimate of drug-likeness (QED) is 0.826. The molecule has 1 aliphatic rings. The van der Waals surface area contributed by atoms with Gasteiger partial charge in [0, 0.05) is 36.9 Å². The van der Waals surface area contributed by atoms with Crippen molar-refractivity contribution in [3.63, 3.8) is 0 Å². The lowest BCUT2D eigenvalue weighted by Crippen LogP contribution is -2.54. The highest BCUT2D eigenvalue weighted by molar-refractivity contribution is 7.89. The van der Waals surface area contributed by atoms with Crippen LogP contribution in [0.25, 0.3) is 0 Å². The molecular formula is C19H22ClN3O3S. The molecule has 1 fully saturated rings. The van der Waals surface area contributed by atoms with Crippen LogP contribution in [0, 0.1) is 0 Å². The zero-order chi connectivity index (χ0) is 19.4. The van der Waals surface area contributed by atoms with Crippen molar-refractivity contribution in [2.75, 3.05) is 31.1 Å². The summed E-state index contributed by atoms with van der Waals surface area (Å²) >= 11 is 5.80. The van der Waals surface area contributed by atoms with Gasteiger partial charge in [0.05, 0.1) is 10.9 Å². The molecule has 2 aromatic carbocycles. The molecule has 6 nitrogen and oxygen atoms in total. The van der Waals surface area contributed by atoms with Gasteiger partial charge in [0.25, 0.3) is 0 Å². The van der Waals surface area contributed by atoms with Crippen molar-refractivity contribution in [3.8, 4) is 0 Å². The molecule has 1 heterocycles. The molecule has 1 N–H and O–H groups in total. The summed E-state index contributed by atoms with van der Waals surface area (Å²) in [6, 6.07) is 15.0. The molecule has 0 aromatic heterocycles. The predicted octanol–water partition coefficient (Wildman–Crippen LogP) is 2.36. The Bertz CT molecular complexity index is 880. The van der Waals surface area contributed by atoms with E-state index in [0.29, 0.717) is 31.2 Å². The molecule has 144 valence electrons. The van der Waals surface area contributed by atoms with E-state index in [4.69, 9.17) is 11.6 Å². The number of nitrogens with zero attached hydrogens (tertiary/aromatic N) is 2. The van der Waals surface area contributed by atoms with Crippen LogP contribution in [0.1, 0.15) is 6.92 Å². The Morgan fingerprint density at radius 2 is 1.59 bits per heavy atom. The molecule has 0 spiro atoms. The average molecular weight is 408 g/mol. The van der Waals surface area contributed by atoms with Crippen LogP contribution in [0.3, 0.4) is 0 Å². The summed E-state index contributed by atoms with van der Waals surface area (Å²) in [4.78, 5) is 16.7. The Balaban J connectivity index is 1.59. The Kier molecular flexibility index (Phi) is 6.04. The summed E-state index contributed by atoms with van der Waals surface area (Å²) in [6.07, 6.45) is 0. The molecule has 1 amide bonds. The van der Waals surface area contributed by atoms with Crippen LogP contribution < -0.4 is 9.62 Å². The summed E-state index contributed by atoms with van der Waals surface area (Å²) in [7, 11) is -3.78. The first-order chi connectivity index (χ1) is 12.9. The van der Waals surface area contributed by atoms with Crippen molar-refractivity contribution in [1.29, 1.82) is 0 Å². The number of nitrogens with one attached hydrogen (secondary N) is 1. The Morgan fingerprint density at radius 3 is 2.19 bits per heavy atom. The molecule has 1 saturated heterocycles. The van der Waals surface area contributed by atoms with Crippen molar-refractivity contribution in [2.24, 2.45) is 0 Å². The molecule has 1 aliphatic heterocycles. The van der Waals surface area contributed by atoms with Crippen LogP contribution in [0.4, 0.5) is 5.69 Å². The molecule has 0 unspecified atom stereocenters. The fourth-order valence-corrected chi connectivity index (χ4v) is 4.39. The summed E-state index contributed by atoms with van der Waals surface area (Å²) in [5, 5.41) is 0.453. The fourth-order valence-electron chi connectivity index (χ4n) is 3.06. The number of amides is 1. The van der Waals surface area contributed by atoms with Crippen LogP contribution >= 0.6 is 11.6 Å². The third kappa shape index (κ3) is 4.80. The molecule has 0 aliphatic carbocycles. The maximum absolute atomic E-state index is 12.7. The number of para-hydroxylation sites is 1. The minimum absolute atomic E-state index is 0.0837. The van der Waals surface area contributed by atoms with E-state index in [9.17, 15) is 13.2 Å². The highest BCUT2D eigenvalue weighted by atomic mass is 35.5. The summed E-state index contributed by atoms with van der Waals surface area (Å²) in [5.74, 6) is -0.222. The second kappa shape index (κ2) is 8.29. The van der Waals surface area contributed by atoms with Crippen LogP contribution in [0.15, 0.2) is 59.5 Å². The van der Waals surface area contributed by atoms with Gasteiger partial charge in [-0.2, -0.15) is 4.72 Å². The van der Waals surface area contributed by atoms with Gasteiger partial charge in [-0.3, -0.25) is 4.79 Å². The van der Waals surface area contributed by atoms with Gasteiger partial charge in [0.15, 0.2) is 0 Å². The minimum atomic E-state index is -3.78. The van der Waals surface area contributed by atoms with Gasteiger partial charge in [-0.15, -0.1) is 0 Å².